The summed E-state index contributed by atoms with van der Waals surface area (Å²) in [4.78, 5) is 13.7. The van der Waals surface area contributed by atoms with Gasteiger partial charge in [-0.05, 0) is 35.2 Å². The maximum atomic E-state index is 10.4. The normalized spacial score (nSPS) is 23.6. The number of hydrogen-bond donors (Lipinski definition) is 1. The predicted molar refractivity (Wildman–Crippen MR) is 63.0 cm³/mol. The van der Waals surface area contributed by atoms with Crippen molar-refractivity contribution in [2.45, 2.75) is 31.4 Å². The van der Waals surface area contributed by atoms with Crippen LogP contribution in [-0.4, -0.2) is 29.2 Å². The SMILES string of the molecule is COC1CCC(Nc2ccc([N+](=O)[O-])nc2)C1. The fourth-order valence-electron chi connectivity index (χ4n) is 2.10. The molecule has 1 aliphatic carbocycles. The lowest BCUT2D eigenvalue weighted by molar-refractivity contribution is -0.389. The summed E-state index contributed by atoms with van der Waals surface area (Å²) < 4.78 is 5.28. The molecule has 2 atom stereocenters. The summed E-state index contributed by atoms with van der Waals surface area (Å²) in [5, 5.41) is 13.8. The van der Waals surface area contributed by atoms with Crippen LogP contribution >= 0.6 is 0 Å². The summed E-state index contributed by atoms with van der Waals surface area (Å²) in [5.41, 5.74) is 0.817. The number of nitrogens with one attached hydrogen (secondary N) is 1. The Balaban J connectivity index is 1.93. The van der Waals surface area contributed by atoms with Gasteiger partial charge in [0.1, 0.15) is 0 Å². The van der Waals surface area contributed by atoms with Crippen molar-refractivity contribution in [1.82, 2.24) is 4.98 Å². The summed E-state index contributed by atoms with van der Waals surface area (Å²) in [6.07, 6.45) is 4.88. The first-order valence-corrected chi connectivity index (χ1v) is 5.59. The van der Waals surface area contributed by atoms with E-state index in [2.05, 4.69) is 10.3 Å². The number of aromatic nitrogens is 1. The van der Waals surface area contributed by atoms with Crippen LogP contribution in [-0.2, 0) is 4.74 Å². The van der Waals surface area contributed by atoms with Gasteiger partial charge in [-0.3, -0.25) is 0 Å². The third-order valence-corrected chi connectivity index (χ3v) is 3.02. The van der Waals surface area contributed by atoms with Gasteiger partial charge in [0.05, 0.1) is 11.8 Å². The summed E-state index contributed by atoms with van der Waals surface area (Å²) in [7, 11) is 1.72. The van der Waals surface area contributed by atoms with Crippen LogP contribution in [0.2, 0.25) is 0 Å². The van der Waals surface area contributed by atoms with E-state index in [0.29, 0.717) is 12.1 Å². The number of pyridine rings is 1. The molecule has 1 aromatic rings. The Morgan fingerprint density at radius 3 is 2.88 bits per heavy atom. The monoisotopic (exact) mass is 237 g/mol. The van der Waals surface area contributed by atoms with Crippen molar-refractivity contribution in [2.24, 2.45) is 0 Å². The number of nitro groups is 1. The van der Waals surface area contributed by atoms with Crippen LogP contribution in [0.15, 0.2) is 18.3 Å². The molecule has 92 valence electrons. The van der Waals surface area contributed by atoms with Gasteiger partial charge in [-0.1, -0.05) is 0 Å². The quantitative estimate of drug-likeness (QED) is 0.639. The van der Waals surface area contributed by atoms with Crippen molar-refractivity contribution in [3.8, 4) is 0 Å². The Kier molecular flexibility index (Phi) is 3.53. The Labute approximate surface area is 99.2 Å². The van der Waals surface area contributed by atoms with Crippen LogP contribution in [0, 0.1) is 10.1 Å². The van der Waals surface area contributed by atoms with Gasteiger partial charge in [0.2, 0.25) is 0 Å². The van der Waals surface area contributed by atoms with Crippen LogP contribution in [0.1, 0.15) is 19.3 Å². The lowest BCUT2D eigenvalue weighted by Gasteiger charge is -2.12. The maximum Gasteiger partial charge on any atom is 0.363 e. The largest absolute Gasteiger partial charge is 0.381 e. The van der Waals surface area contributed by atoms with Crippen molar-refractivity contribution in [1.29, 1.82) is 0 Å². The van der Waals surface area contributed by atoms with Gasteiger partial charge < -0.3 is 20.2 Å². The molecule has 1 fully saturated rings. The summed E-state index contributed by atoms with van der Waals surface area (Å²) in [6.45, 7) is 0. The summed E-state index contributed by atoms with van der Waals surface area (Å²) >= 11 is 0. The molecule has 1 aliphatic rings. The second-order valence-electron chi connectivity index (χ2n) is 4.17. The lowest BCUT2D eigenvalue weighted by atomic mass is 10.2. The van der Waals surface area contributed by atoms with E-state index in [1.165, 1.54) is 12.3 Å². The molecule has 1 saturated carbocycles. The third-order valence-electron chi connectivity index (χ3n) is 3.02. The molecule has 6 heteroatoms. The van der Waals surface area contributed by atoms with Crippen molar-refractivity contribution >= 4 is 11.5 Å². The van der Waals surface area contributed by atoms with E-state index >= 15 is 0 Å². The zero-order chi connectivity index (χ0) is 12.3. The highest BCUT2D eigenvalue weighted by Crippen LogP contribution is 2.24. The second-order valence-corrected chi connectivity index (χ2v) is 4.17. The molecule has 0 bridgehead atoms. The van der Waals surface area contributed by atoms with Crippen molar-refractivity contribution < 1.29 is 9.66 Å². The molecule has 2 unspecified atom stereocenters. The van der Waals surface area contributed by atoms with Gasteiger partial charge in [-0.25, -0.2) is 0 Å². The minimum atomic E-state index is -0.500. The second kappa shape index (κ2) is 5.09. The Hall–Kier alpha value is -1.69. The number of ether oxygens (including phenoxy) is 1. The number of methoxy groups -OCH3 is 1. The van der Waals surface area contributed by atoms with Gasteiger partial charge >= 0.3 is 5.82 Å². The van der Waals surface area contributed by atoms with Crippen molar-refractivity contribution in [2.75, 3.05) is 12.4 Å². The smallest absolute Gasteiger partial charge is 0.363 e. The molecule has 17 heavy (non-hydrogen) atoms. The maximum absolute atomic E-state index is 10.4. The van der Waals surface area contributed by atoms with E-state index in [-0.39, 0.29) is 5.82 Å². The van der Waals surface area contributed by atoms with Crippen LogP contribution in [0.4, 0.5) is 11.5 Å². The molecular weight excluding hydrogens is 222 g/mol. The molecule has 0 spiro atoms. The number of nitrogens with zero attached hydrogens (tertiary/aromatic N) is 2. The molecule has 2 rings (SSSR count). The Morgan fingerprint density at radius 1 is 1.53 bits per heavy atom. The number of hydrogen-bond acceptors (Lipinski definition) is 5. The van der Waals surface area contributed by atoms with Crippen LogP contribution < -0.4 is 5.32 Å². The molecule has 6 nitrogen and oxygen atoms in total. The lowest BCUT2D eigenvalue weighted by Crippen LogP contribution is -2.17. The molecular formula is C11H15N3O3. The van der Waals surface area contributed by atoms with Crippen molar-refractivity contribution in [3.63, 3.8) is 0 Å². The van der Waals surface area contributed by atoms with E-state index in [1.54, 1.807) is 13.2 Å². The van der Waals surface area contributed by atoms with Gasteiger partial charge in [-0.15, -0.1) is 0 Å². The van der Waals surface area contributed by atoms with Crippen LogP contribution in [0.25, 0.3) is 0 Å². The van der Waals surface area contributed by atoms with E-state index in [4.69, 9.17) is 4.74 Å². The highest BCUT2D eigenvalue weighted by Gasteiger charge is 2.24. The van der Waals surface area contributed by atoms with Crippen LogP contribution in [0.3, 0.4) is 0 Å². The zero-order valence-electron chi connectivity index (χ0n) is 9.63. The predicted octanol–water partition coefficient (Wildman–Crippen LogP) is 1.97. The van der Waals surface area contributed by atoms with Crippen LogP contribution in [0.5, 0.6) is 0 Å². The minimum absolute atomic E-state index is 0.128. The van der Waals surface area contributed by atoms with E-state index in [1.807, 2.05) is 0 Å². The molecule has 1 N–H and O–H groups in total. The zero-order valence-corrected chi connectivity index (χ0v) is 9.63. The number of rotatable bonds is 4. The molecule has 0 aliphatic heterocycles. The standard InChI is InChI=1S/C11H15N3O3/c1-17-10-4-2-8(6-10)13-9-3-5-11(12-7-9)14(15)16/h3,5,7-8,10,13H,2,4,6H2,1H3. The first-order valence-electron chi connectivity index (χ1n) is 5.59. The molecule has 1 aromatic heterocycles. The third kappa shape index (κ3) is 2.91. The van der Waals surface area contributed by atoms with Gasteiger partial charge in [0, 0.05) is 19.2 Å². The minimum Gasteiger partial charge on any atom is -0.381 e. The topological polar surface area (TPSA) is 77.3 Å². The average Bonchev–Trinajstić information content (AvgIpc) is 2.77. The summed E-state index contributed by atoms with van der Waals surface area (Å²) in [5.74, 6) is -0.128. The first kappa shape index (κ1) is 11.8. The molecule has 0 saturated heterocycles. The number of anilines is 1. The molecule has 0 amide bonds. The van der Waals surface area contributed by atoms with E-state index in [9.17, 15) is 10.1 Å². The fourth-order valence-corrected chi connectivity index (χ4v) is 2.10. The average molecular weight is 237 g/mol. The highest BCUT2D eigenvalue weighted by atomic mass is 16.6. The molecule has 0 aromatic carbocycles. The Bertz CT molecular complexity index is 393. The van der Waals surface area contributed by atoms with Crippen molar-refractivity contribution in [3.05, 3.63) is 28.4 Å². The molecule has 0 radical (unpaired) electrons. The molecule has 1 heterocycles. The van der Waals surface area contributed by atoms with Gasteiger partial charge in [0.15, 0.2) is 6.20 Å². The highest BCUT2D eigenvalue weighted by molar-refractivity contribution is 5.44. The van der Waals surface area contributed by atoms with Gasteiger partial charge in [-0.2, -0.15) is 0 Å². The van der Waals surface area contributed by atoms with E-state index < -0.39 is 4.92 Å². The Morgan fingerprint density at radius 2 is 2.35 bits per heavy atom. The van der Waals surface area contributed by atoms with Gasteiger partial charge in [0.25, 0.3) is 0 Å². The summed E-state index contributed by atoms with van der Waals surface area (Å²) in [6, 6.07) is 3.46. The first-order chi connectivity index (χ1) is 8.19. The fraction of sp³-hybridized carbons (Fsp3) is 0.545. The van der Waals surface area contributed by atoms with E-state index in [0.717, 1.165) is 24.9 Å².